The summed E-state index contributed by atoms with van der Waals surface area (Å²) in [6.45, 7) is 0. The molecular formula is C40H52N2O2S. The van der Waals surface area contributed by atoms with E-state index in [0.717, 1.165) is 48.6 Å². The molecule has 45 heavy (non-hydrogen) atoms. The molecule has 0 aliphatic carbocycles. The third kappa shape index (κ3) is 12.8. The molecule has 0 aromatic heterocycles. The molecule has 0 amide bonds. The summed E-state index contributed by atoms with van der Waals surface area (Å²) in [4.78, 5) is 0. The summed E-state index contributed by atoms with van der Waals surface area (Å²) >= 11 is 2.22. The number of nitrogens with two attached hydrogens (primary N) is 2. The standard InChI is InChI=1S/C40H52N2O2S/c1-43-37-25-17-33(18-26-37)29-39(11-7-3-5-9-31-13-21-35(41)22-14-31)45-40(30-34-19-27-38(44-2)28-20-34)12-8-4-6-10-32-15-23-36(42)24-16-32/h13-28,39-40H,3-12,29-30,41-42H2,1-2H3. The summed E-state index contributed by atoms with van der Waals surface area (Å²) in [5.74, 6) is 1.84. The molecule has 2 atom stereocenters. The Morgan fingerprint density at radius 3 is 1.18 bits per heavy atom. The van der Waals surface area contributed by atoms with Crippen molar-refractivity contribution in [2.24, 2.45) is 0 Å². The molecule has 0 saturated heterocycles. The van der Waals surface area contributed by atoms with Crippen molar-refractivity contribution < 1.29 is 9.47 Å². The number of benzene rings is 4. The molecule has 2 unspecified atom stereocenters. The highest BCUT2D eigenvalue weighted by Crippen LogP contribution is 2.32. The van der Waals surface area contributed by atoms with Crippen LogP contribution < -0.4 is 20.9 Å². The Morgan fingerprint density at radius 1 is 0.467 bits per heavy atom. The fourth-order valence-corrected chi connectivity index (χ4v) is 7.61. The van der Waals surface area contributed by atoms with E-state index in [9.17, 15) is 0 Å². The second-order valence-corrected chi connectivity index (χ2v) is 13.8. The highest BCUT2D eigenvalue weighted by molar-refractivity contribution is 8.00. The second-order valence-electron chi connectivity index (χ2n) is 12.2. The second kappa shape index (κ2) is 19.1. The van der Waals surface area contributed by atoms with E-state index < -0.39 is 0 Å². The lowest BCUT2D eigenvalue weighted by Crippen LogP contribution is -2.16. The highest BCUT2D eigenvalue weighted by atomic mass is 32.2. The van der Waals surface area contributed by atoms with Crippen LogP contribution >= 0.6 is 11.8 Å². The van der Waals surface area contributed by atoms with Crippen molar-refractivity contribution in [2.45, 2.75) is 87.5 Å². The van der Waals surface area contributed by atoms with Crippen LogP contribution in [0.2, 0.25) is 0 Å². The van der Waals surface area contributed by atoms with E-state index in [4.69, 9.17) is 20.9 Å². The topological polar surface area (TPSA) is 70.5 Å². The lowest BCUT2D eigenvalue weighted by atomic mass is 10.0. The summed E-state index contributed by atoms with van der Waals surface area (Å²) in [5, 5.41) is 1.15. The smallest absolute Gasteiger partial charge is 0.118 e. The molecule has 4 rings (SSSR count). The number of rotatable bonds is 20. The van der Waals surface area contributed by atoms with Gasteiger partial charge in [0.25, 0.3) is 0 Å². The first-order valence-corrected chi connectivity index (χ1v) is 17.5. The van der Waals surface area contributed by atoms with Crippen molar-refractivity contribution in [1.82, 2.24) is 0 Å². The number of thioether (sulfide) groups is 1. The molecule has 0 aliphatic rings. The average molecular weight is 625 g/mol. The minimum absolute atomic E-state index is 0.577. The molecule has 0 aliphatic heterocycles. The van der Waals surface area contributed by atoms with Gasteiger partial charge in [0.1, 0.15) is 11.5 Å². The van der Waals surface area contributed by atoms with Gasteiger partial charge >= 0.3 is 0 Å². The lowest BCUT2D eigenvalue weighted by molar-refractivity contribution is 0.414. The molecule has 0 fully saturated rings. The summed E-state index contributed by atoms with van der Waals surface area (Å²) in [7, 11) is 3.47. The highest BCUT2D eigenvalue weighted by Gasteiger charge is 2.19. The van der Waals surface area contributed by atoms with Gasteiger partial charge in [-0.05, 0) is 122 Å². The Bertz CT molecular complexity index is 1250. The Labute approximate surface area is 275 Å². The molecule has 4 aromatic rings. The molecule has 0 spiro atoms. The molecular weight excluding hydrogens is 573 g/mol. The zero-order chi connectivity index (χ0) is 31.7. The number of hydrogen-bond donors (Lipinski definition) is 2. The van der Waals surface area contributed by atoms with E-state index in [1.807, 2.05) is 24.3 Å². The van der Waals surface area contributed by atoms with Crippen molar-refractivity contribution in [2.75, 3.05) is 25.7 Å². The number of methoxy groups -OCH3 is 2. The summed E-state index contributed by atoms with van der Waals surface area (Å²) < 4.78 is 10.9. The average Bonchev–Trinajstić information content (AvgIpc) is 3.06. The third-order valence-electron chi connectivity index (χ3n) is 8.57. The SMILES string of the molecule is COc1ccc(CC(CCCCCc2ccc(N)cc2)SC(CCCCCc2ccc(N)cc2)Cc2ccc(OC)cc2)cc1. The van der Waals surface area contributed by atoms with Gasteiger partial charge in [-0.25, -0.2) is 0 Å². The van der Waals surface area contributed by atoms with Crippen molar-refractivity contribution in [1.29, 1.82) is 0 Å². The van der Waals surface area contributed by atoms with Crippen molar-refractivity contribution in [3.63, 3.8) is 0 Å². The van der Waals surface area contributed by atoms with Crippen LogP contribution in [0.3, 0.4) is 0 Å². The minimum Gasteiger partial charge on any atom is -0.497 e. The van der Waals surface area contributed by atoms with Crippen LogP contribution in [0.1, 0.15) is 73.6 Å². The molecule has 4 aromatic carbocycles. The van der Waals surface area contributed by atoms with E-state index >= 15 is 0 Å². The molecule has 0 heterocycles. The van der Waals surface area contributed by atoms with Gasteiger partial charge in [0.05, 0.1) is 14.2 Å². The molecule has 4 nitrogen and oxygen atoms in total. The van der Waals surface area contributed by atoms with E-state index in [1.165, 1.54) is 73.6 Å². The van der Waals surface area contributed by atoms with Gasteiger partial charge in [0.2, 0.25) is 0 Å². The maximum Gasteiger partial charge on any atom is 0.118 e. The Morgan fingerprint density at radius 2 is 0.822 bits per heavy atom. The Balaban J connectivity index is 1.36. The normalized spacial score (nSPS) is 12.5. The first-order valence-electron chi connectivity index (χ1n) is 16.6. The van der Waals surface area contributed by atoms with Crippen LogP contribution in [-0.4, -0.2) is 24.7 Å². The first-order chi connectivity index (χ1) is 22.0. The van der Waals surface area contributed by atoms with Gasteiger partial charge in [0, 0.05) is 21.9 Å². The van der Waals surface area contributed by atoms with Gasteiger partial charge < -0.3 is 20.9 Å². The van der Waals surface area contributed by atoms with Crippen LogP contribution in [-0.2, 0) is 25.7 Å². The largest absolute Gasteiger partial charge is 0.497 e. The number of hydrogen-bond acceptors (Lipinski definition) is 5. The van der Waals surface area contributed by atoms with Crippen molar-refractivity contribution >= 4 is 23.1 Å². The number of aryl methyl sites for hydroxylation is 2. The monoisotopic (exact) mass is 624 g/mol. The number of unbranched alkanes of at least 4 members (excludes halogenated alkanes) is 4. The van der Waals surface area contributed by atoms with Crippen molar-refractivity contribution in [3.8, 4) is 11.5 Å². The molecule has 240 valence electrons. The van der Waals surface area contributed by atoms with Crippen LogP contribution in [0, 0.1) is 0 Å². The predicted octanol–water partition coefficient (Wildman–Crippen LogP) is 9.73. The zero-order valence-corrected chi connectivity index (χ0v) is 28.1. The van der Waals surface area contributed by atoms with Crippen LogP contribution in [0.4, 0.5) is 11.4 Å². The van der Waals surface area contributed by atoms with Gasteiger partial charge in [0.15, 0.2) is 0 Å². The molecule has 0 radical (unpaired) electrons. The maximum atomic E-state index is 5.87. The van der Waals surface area contributed by atoms with E-state index in [0.29, 0.717) is 10.5 Å². The molecule has 4 N–H and O–H groups in total. The van der Waals surface area contributed by atoms with E-state index in [2.05, 4.69) is 84.6 Å². The Kier molecular flexibility index (Phi) is 14.5. The Hall–Kier alpha value is -3.57. The van der Waals surface area contributed by atoms with Gasteiger partial charge in [-0.3, -0.25) is 0 Å². The fraction of sp³-hybridized carbons (Fsp3) is 0.400. The number of anilines is 2. The number of nitrogen functional groups attached to an aromatic ring is 2. The van der Waals surface area contributed by atoms with Crippen LogP contribution in [0.15, 0.2) is 97.1 Å². The molecule has 5 heteroatoms. The zero-order valence-electron chi connectivity index (χ0n) is 27.3. The van der Waals surface area contributed by atoms with E-state index in [-0.39, 0.29) is 0 Å². The quantitative estimate of drug-likeness (QED) is 0.0757. The third-order valence-corrected chi connectivity index (χ3v) is 10.1. The lowest BCUT2D eigenvalue weighted by Gasteiger charge is -2.24. The maximum absolute atomic E-state index is 5.87. The predicted molar refractivity (Wildman–Crippen MR) is 195 cm³/mol. The summed E-state index contributed by atoms with van der Waals surface area (Å²) in [5.41, 5.74) is 19.0. The van der Waals surface area contributed by atoms with Crippen LogP contribution in [0.25, 0.3) is 0 Å². The fourth-order valence-electron chi connectivity index (χ4n) is 5.88. The van der Waals surface area contributed by atoms with Crippen LogP contribution in [0.5, 0.6) is 11.5 Å². The minimum atomic E-state index is 0.577. The van der Waals surface area contributed by atoms with Gasteiger partial charge in [-0.1, -0.05) is 74.2 Å². The van der Waals surface area contributed by atoms with E-state index in [1.54, 1.807) is 14.2 Å². The number of ether oxygens (including phenoxy) is 2. The molecule has 0 saturated carbocycles. The van der Waals surface area contributed by atoms with Gasteiger partial charge in [-0.15, -0.1) is 0 Å². The van der Waals surface area contributed by atoms with Crippen molar-refractivity contribution in [3.05, 3.63) is 119 Å². The van der Waals surface area contributed by atoms with Gasteiger partial charge in [-0.2, -0.15) is 11.8 Å². The first kappa shape index (κ1) is 34.3. The summed E-state index contributed by atoms with van der Waals surface area (Å²) in [6, 6.07) is 34.0. The molecule has 0 bridgehead atoms. The summed E-state index contributed by atoms with van der Waals surface area (Å²) in [6.07, 6.45) is 14.3.